The van der Waals surface area contributed by atoms with Crippen molar-refractivity contribution >= 4 is 17.3 Å². The van der Waals surface area contributed by atoms with Crippen molar-refractivity contribution in [3.8, 4) is 11.5 Å². The van der Waals surface area contributed by atoms with E-state index in [1.807, 2.05) is 24.5 Å². The van der Waals surface area contributed by atoms with E-state index in [9.17, 15) is 0 Å². The van der Waals surface area contributed by atoms with Gasteiger partial charge in [0.1, 0.15) is 0 Å². The standard InChI is InChI=1S/C22H29N3O3S/c1-3-17-5-6-18(29-17)13-24-21(23-2)25-14-22(8-10-26-11-9-22)16-4-7-19-20(12-16)28-15-27-19/h4-7,12H,3,8-11,13-15H2,1-2H3,(H2,23,24,25). The van der Waals surface area contributed by atoms with Gasteiger partial charge in [0.05, 0.1) is 6.54 Å². The van der Waals surface area contributed by atoms with E-state index in [1.54, 1.807) is 0 Å². The number of ether oxygens (including phenoxy) is 3. The summed E-state index contributed by atoms with van der Waals surface area (Å²) < 4.78 is 16.8. The quantitative estimate of drug-likeness (QED) is 0.559. The van der Waals surface area contributed by atoms with Crippen LogP contribution in [0.4, 0.5) is 0 Å². The smallest absolute Gasteiger partial charge is 0.231 e. The number of hydrogen-bond acceptors (Lipinski definition) is 5. The molecule has 0 aliphatic carbocycles. The van der Waals surface area contributed by atoms with Crippen LogP contribution in [0.15, 0.2) is 35.3 Å². The van der Waals surface area contributed by atoms with Crippen LogP contribution in [0.25, 0.3) is 0 Å². The van der Waals surface area contributed by atoms with Crippen LogP contribution in [0.2, 0.25) is 0 Å². The lowest BCUT2D eigenvalue weighted by Crippen LogP contribution is -2.47. The molecule has 0 amide bonds. The minimum Gasteiger partial charge on any atom is -0.454 e. The lowest BCUT2D eigenvalue weighted by atomic mass is 9.74. The lowest BCUT2D eigenvalue weighted by Gasteiger charge is -2.38. The van der Waals surface area contributed by atoms with Crippen LogP contribution in [0.3, 0.4) is 0 Å². The van der Waals surface area contributed by atoms with Gasteiger partial charge in [-0.1, -0.05) is 13.0 Å². The largest absolute Gasteiger partial charge is 0.454 e. The molecule has 2 aliphatic heterocycles. The first-order valence-corrected chi connectivity index (χ1v) is 11.0. The second kappa shape index (κ2) is 9.05. The topological polar surface area (TPSA) is 64.1 Å². The summed E-state index contributed by atoms with van der Waals surface area (Å²) in [4.78, 5) is 7.15. The predicted octanol–water partition coefficient (Wildman–Crippen LogP) is 3.45. The van der Waals surface area contributed by atoms with Crippen molar-refractivity contribution < 1.29 is 14.2 Å². The number of hydrogen-bond donors (Lipinski definition) is 2. The molecule has 1 fully saturated rings. The van der Waals surface area contributed by atoms with Crippen molar-refractivity contribution in [3.63, 3.8) is 0 Å². The van der Waals surface area contributed by atoms with E-state index in [0.717, 1.165) is 63.0 Å². The molecule has 156 valence electrons. The number of aryl methyl sites for hydroxylation is 1. The number of aliphatic imine (C=N–C) groups is 1. The van der Waals surface area contributed by atoms with E-state index in [2.05, 4.69) is 46.8 Å². The van der Waals surface area contributed by atoms with Crippen LogP contribution < -0.4 is 20.1 Å². The summed E-state index contributed by atoms with van der Waals surface area (Å²) in [6, 6.07) is 10.7. The van der Waals surface area contributed by atoms with Crippen LogP contribution in [0.1, 0.15) is 35.1 Å². The molecule has 6 nitrogen and oxygen atoms in total. The molecular weight excluding hydrogens is 386 g/mol. The van der Waals surface area contributed by atoms with E-state index in [4.69, 9.17) is 14.2 Å². The highest BCUT2D eigenvalue weighted by Crippen LogP contribution is 2.40. The monoisotopic (exact) mass is 415 g/mol. The second-order valence-corrected chi connectivity index (χ2v) is 8.71. The van der Waals surface area contributed by atoms with Crippen LogP contribution >= 0.6 is 11.3 Å². The number of guanidine groups is 1. The molecule has 4 rings (SSSR count). The average molecular weight is 416 g/mol. The third kappa shape index (κ3) is 4.51. The molecule has 0 unspecified atom stereocenters. The van der Waals surface area contributed by atoms with Gasteiger partial charge in [-0.2, -0.15) is 0 Å². The fourth-order valence-electron chi connectivity index (χ4n) is 3.91. The Kier molecular flexibility index (Phi) is 6.25. The van der Waals surface area contributed by atoms with Crippen LogP contribution in [0.5, 0.6) is 11.5 Å². The molecule has 7 heteroatoms. The SMILES string of the molecule is CCc1ccc(CNC(=NC)NCC2(c3ccc4c(c3)OCO4)CCOCC2)s1. The fourth-order valence-corrected chi connectivity index (χ4v) is 4.81. The molecule has 1 saturated heterocycles. The van der Waals surface area contributed by atoms with Gasteiger partial charge in [0.15, 0.2) is 17.5 Å². The van der Waals surface area contributed by atoms with E-state index in [-0.39, 0.29) is 5.41 Å². The number of nitrogens with zero attached hydrogens (tertiary/aromatic N) is 1. The number of thiophene rings is 1. The average Bonchev–Trinajstić information content (AvgIpc) is 3.43. The number of fused-ring (bicyclic) bond motifs is 1. The first-order valence-electron chi connectivity index (χ1n) is 10.2. The van der Waals surface area contributed by atoms with Gasteiger partial charge < -0.3 is 24.8 Å². The first kappa shape index (κ1) is 20.0. The second-order valence-electron chi connectivity index (χ2n) is 7.46. The maximum absolute atomic E-state index is 5.66. The van der Waals surface area contributed by atoms with Gasteiger partial charge in [-0.05, 0) is 49.1 Å². The molecule has 2 aromatic rings. The lowest BCUT2D eigenvalue weighted by molar-refractivity contribution is 0.0513. The Hall–Kier alpha value is -2.25. The van der Waals surface area contributed by atoms with Gasteiger partial charge in [-0.15, -0.1) is 11.3 Å². The molecule has 2 N–H and O–H groups in total. The first-order chi connectivity index (χ1) is 14.2. The van der Waals surface area contributed by atoms with Gasteiger partial charge in [0.2, 0.25) is 6.79 Å². The molecule has 0 spiro atoms. The van der Waals surface area contributed by atoms with Crippen molar-refractivity contribution in [3.05, 3.63) is 45.6 Å². The zero-order valence-electron chi connectivity index (χ0n) is 17.1. The number of nitrogens with one attached hydrogen (secondary N) is 2. The van der Waals surface area contributed by atoms with Crippen molar-refractivity contribution in [2.45, 2.75) is 38.1 Å². The fraction of sp³-hybridized carbons (Fsp3) is 0.500. The summed E-state index contributed by atoms with van der Waals surface area (Å²) >= 11 is 1.85. The Balaban J connectivity index is 1.43. The molecule has 0 atom stereocenters. The van der Waals surface area contributed by atoms with E-state index in [0.29, 0.717) is 6.79 Å². The Bertz CT molecular complexity index is 859. The highest BCUT2D eigenvalue weighted by Gasteiger charge is 2.35. The molecule has 3 heterocycles. The van der Waals surface area contributed by atoms with Gasteiger partial charge in [-0.3, -0.25) is 4.99 Å². The van der Waals surface area contributed by atoms with E-state index in [1.165, 1.54) is 15.3 Å². The highest BCUT2D eigenvalue weighted by molar-refractivity contribution is 7.11. The van der Waals surface area contributed by atoms with Gasteiger partial charge in [0, 0.05) is 42.0 Å². The third-order valence-corrected chi connectivity index (χ3v) is 6.98. The summed E-state index contributed by atoms with van der Waals surface area (Å²) in [5.41, 5.74) is 1.24. The number of benzene rings is 1. The maximum atomic E-state index is 5.66. The molecule has 1 aromatic carbocycles. The van der Waals surface area contributed by atoms with Crippen molar-refractivity contribution in [1.29, 1.82) is 0 Å². The maximum Gasteiger partial charge on any atom is 0.231 e. The zero-order chi connectivity index (χ0) is 20.1. The Morgan fingerprint density at radius 2 is 1.86 bits per heavy atom. The summed E-state index contributed by atoms with van der Waals surface area (Å²) in [6.07, 6.45) is 3.00. The summed E-state index contributed by atoms with van der Waals surface area (Å²) in [6.45, 7) is 5.58. The Morgan fingerprint density at radius 3 is 2.62 bits per heavy atom. The summed E-state index contributed by atoms with van der Waals surface area (Å²) in [5.74, 6) is 2.48. The van der Waals surface area contributed by atoms with Crippen LogP contribution in [-0.4, -0.2) is 39.6 Å². The summed E-state index contributed by atoms with van der Waals surface area (Å²) in [7, 11) is 1.82. The van der Waals surface area contributed by atoms with Gasteiger partial charge in [-0.25, -0.2) is 0 Å². The third-order valence-electron chi connectivity index (χ3n) is 5.75. The summed E-state index contributed by atoms with van der Waals surface area (Å²) in [5, 5.41) is 7.00. The minimum atomic E-state index is -0.0187. The van der Waals surface area contributed by atoms with Crippen molar-refractivity contribution in [1.82, 2.24) is 10.6 Å². The minimum absolute atomic E-state index is 0.0187. The van der Waals surface area contributed by atoms with Crippen LogP contribution in [-0.2, 0) is 23.1 Å². The van der Waals surface area contributed by atoms with Crippen molar-refractivity contribution in [2.75, 3.05) is 33.6 Å². The Labute approximate surface area is 176 Å². The molecule has 1 aromatic heterocycles. The molecule has 0 saturated carbocycles. The molecule has 0 bridgehead atoms. The van der Waals surface area contributed by atoms with Crippen molar-refractivity contribution in [2.24, 2.45) is 4.99 Å². The number of rotatable bonds is 6. The van der Waals surface area contributed by atoms with Gasteiger partial charge in [0.25, 0.3) is 0 Å². The normalized spacial score (nSPS) is 17.9. The molecular formula is C22H29N3O3S. The Morgan fingerprint density at radius 1 is 1.07 bits per heavy atom. The van der Waals surface area contributed by atoms with E-state index >= 15 is 0 Å². The molecule has 29 heavy (non-hydrogen) atoms. The highest BCUT2D eigenvalue weighted by atomic mass is 32.1. The molecule has 0 radical (unpaired) electrons. The van der Waals surface area contributed by atoms with Crippen LogP contribution in [0, 0.1) is 0 Å². The molecule has 2 aliphatic rings. The predicted molar refractivity (Wildman–Crippen MR) is 116 cm³/mol. The zero-order valence-corrected chi connectivity index (χ0v) is 17.9. The van der Waals surface area contributed by atoms with Gasteiger partial charge >= 0.3 is 0 Å². The van der Waals surface area contributed by atoms with E-state index < -0.39 is 0 Å².